The molecule has 0 bridgehead atoms. The van der Waals surface area contributed by atoms with Crippen molar-refractivity contribution in [2.24, 2.45) is 0 Å². The molecule has 0 atom stereocenters. The molecule has 0 radical (unpaired) electrons. The number of carboxylic acid groups (broad SMARTS) is 1. The molecular weight excluding hydrogens is 371 g/mol. The van der Waals surface area contributed by atoms with Crippen molar-refractivity contribution in [2.75, 3.05) is 7.11 Å². The fourth-order valence-electron chi connectivity index (χ4n) is 3.36. The third-order valence-corrected chi connectivity index (χ3v) is 4.52. The van der Waals surface area contributed by atoms with Crippen molar-refractivity contribution in [3.05, 3.63) is 71.5 Å². The lowest BCUT2D eigenvalue weighted by Gasteiger charge is -2.16. The number of fused-ring (bicyclic) bond motifs is 2. The van der Waals surface area contributed by atoms with E-state index in [2.05, 4.69) is 4.98 Å². The molecule has 0 saturated carbocycles. The van der Waals surface area contributed by atoms with Gasteiger partial charge >= 0.3 is 5.97 Å². The minimum atomic E-state index is -1.45. The van der Waals surface area contributed by atoms with Crippen molar-refractivity contribution < 1.29 is 27.8 Å². The number of carbonyl (C=O) groups is 1. The Morgan fingerprint density at radius 2 is 1.68 bits per heavy atom. The van der Waals surface area contributed by atoms with Crippen molar-refractivity contribution in [3.8, 4) is 16.9 Å². The van der Waals surface area contributed by atoms with Crippen LogP contribution in [0.25, 0.3) is 32.9 Å². The van der Waals surface area contributed by atoms with Gasteiger partial charge in [0.1, 0.15) is 16.9 Å². The van der Waals surface area contributed by atoms with Crippen LogP contribution in [0.15, 0.2) is 48.5 Å². The van der Waals surface area contributed by atoms with Crippen molar-refractivity contribution in [1.82, 2.24) is 4.98 Å². The first-order valence-corrected chi connectivity index (χ1v) is 8.21. The first-order valence-electron chi connectivity index (χ1n) is 8.21. The normalized spacial score (nSPS) is 11.1. The zero-order chi connectivity index (χ0) is 20.0. The number of aromatic nitrogens is 1. The second-order valence-corrected chi connectivity index (χ2v) is 6.05. The molecule has 0 unspecified atom stereocenters. The van der Waals surface area contributed by atoms with Crippen LogP contribution in [0.4, 0.5) is 13.2 Å². The van der Waals surface area contributed by atoms with Gasteiger partial charge < -0.3 is 9.84 Å². The zero-order valence-electron chi connectivity index (χ0n) is 14.5. The number of pyridine rings is 1. The van der Waals surface area contributed by atoms with Gasteiger partial charge in [-0.25, -0.2) is 22.9 Å². The predicted molar refractivity (Wildman–Crippen MR) is 98.1 cm³/mol. The molecule has 4 rings (SSSR count). The van der Waals surface area contributed by atoms with E-state index in [-0.39, 0.29) is 21.9 Å². The van der Waals surface area contributed by atoms with E-state index in [1.807, 2.05) is 0 Å². The van der Waals surface area contributed by atoms with E-state index in [9.17, 15) is 18.7 Å². The maximum absolute atomic E-state index is 15.2. The highest BCUT2D eigenvalue weighted by Crippen LogP contribution is 2.42. The number of halogens is 3. The molecule has 28 heavy (non-hydrogen) atoms. The SMILES string of the molecule is COc1c(F)c(-c2ccccc2)c2c(C(=O)O)c3cccc(F)c3nc2c1F. The number of ether oxygens (including phenoxy) is 1. The van der Waals surface area contributed by atoms with Gasteiger partial charge in [-0.05, 0) is 11.6 Å². The number of hydrogen-bond acceptors (Lipinski definition) is 3. The molecule has 140 valence electrons. The Morgan fingerprint density at radius 3 is 2.32 bits per heavy atom. The second kappa shape index (κ2) is 6.53. The van der Waals surface area contributed by atoms with E-state index in [1.165, 1.54) is 12.1 Å². The number of methoxy groups -OCH3 is 1. The van der Waals surface area contributed by atoms with Gasteiger partial charge in [0, 0.05) is 16.3 Å². The lowest BCUT2D eigenvalue weighted by Crippen LogP contribution is -2.07. The van der Waals surface area contributed by atoms with Crippen LogP contribution in [-0.2, 0) is 0 Å². The van der Waals surface area contributed by atoms with Crippen LogP contribution in [0.1, 0.15) is 10.4 Å². The average molecular weight is 383 g/mol. The monoisotopic (exact) mass is 383 g/mol. The third kappa shape index (κ3) is 2.47. The quantitative estimate of drug-likeness (QED) is 0.495. The highest BCUT2D eigenvalue weighted by Gasteiger charge is 2.28. The lowest BCUT2D eigenvalue weighted by atomic mass is 9.93. The number of aromatic carboxylic acids is 1. The molecule has 0 amide bonds. The summed E-state index contributed by atoms with van der Waals surface area (Å²) >= 11 is 0. The van der Waals surface area contributed by atoms with E-state index in [0.717, 1.165) is 13.2 Å². The van der Waals surface area contributed by atoms with Gasteiger partial charge in [-0.2, -0.15) is 0 Å². The number of carboxylic acids is 1. The molecule has 0 fully saturated rings. The summed E-state index contributed by atoms with van der Waals surface area (Å²) in [5.74, 6) is -5.23. The minimum absolute atomic E-state index is 0.0545. The molecule has 0 aliphatic carbocycles. The number of benzene rings is 3. The van der Waals surface area contributed by atoms with E-state index < -0.39 is 40.3 Å². The maximum atomic E-state index is 15.2. The summed E-state index contributed by atoms with van der Waals surface area (Å²) < 4.78 is 49.3. The van der Waals surface area contributed by atoms with E-state index in [4.69, 9.17) is 4.74 Å². The van der Waals surface area contributed by atoms with Gasteiger partial charge in [0.15, 0.2) is 17.4 Å². The van der Waals surface area contributed by atoms with Crippen molar-refractivity contribution in [2.45, 2.75) is 0 Å². The molecule has 1 heterocycles. The molecule has 7 heteroatoms. The number of para-hydroxylation sites is 1. The van der Waals surface area contributed by atoms with Crippen LogP contribution >= 0.6 is 0 Å². The van der Waals surface area contributed by atoms with Crippen molar-refractivity contribution >= 4 is 27.8 Å². The maximum Gasteiger partial charge on any atom is 0.337 e. The van der Waals surface area contributed by atoms with E-state index in [1.54, 1.807) is 30.3 Å². The van der Waals surface area contributed by atoms with Crippen LogP contribution < -0.4 is 4.74 Å². The highest BCUT2D eigenvalue weighted by molar-refractivity contribution is 6.18. The Morgan fingerprint density at radius 1 is 0.964 bits per heavy atom. The van der Waals surface area contributed by atoms with Gasteiger partial charge in [0.05, 0.1) is 12.7 Å². The second-order valence-electron chi connectivity index (χ2n) is 6.05. The molecular formula is C21H12F3NO3. The van der Waals surface area contributed by atoms with Gasteiger partial charge in [-0.1, -0.05) is 42.5 Å². The smallest absolute Gasteiger partial charge is 0.337 e. The van der Waals surface area contributed by atoms with Gasteiger partial charge in [0.2, 0.25) is 0 Å². The van der Waals surface area contributed by atoms with Crippen LogP contribution in [0.5, 0.6) is 5.75 Å². The Bertz CT molecular complexity index is 1260. The summed E-state index contributed by atoms with van der Waals surface area (Å²) in [6, 6.07) is 11.8. The standard InChI is InChI=1S/C21H12F3NO3/c1-28-20-16(23)13(10-6-3-2-4-7-10)15-14(21(26)27)11-8-5-9-12(22)18(11)25-19(15)17(20)24/h2-9H,1H3,(H,26,27). The molecule has 1 N–H and O–H groups in total. The Kier molecular flexibility index (Phi) is 4.15. The van der Waals surface area contributed by atoms with Gasteiger partial charge in [0.25, 0.3) is 0 Å². The zero-order valence-corrected chi connectivity index (χ0v) is 14.5. The average Bonchev–Trinajstić information content (AvgIpc) is 2.68. The fourth-order valence-corrected chi connectivity index (χ4v) is 3.36. The minimum Gasteiger partial charge on any atom is -0.491 e. The van der Waals surface area contributed by atoms with Crippen LogP contribution in [0.2, 0.25) is 0 Å². The number of nitrogens with zero attached hydrogens (tertiary/aromatic N) is 1. The predicted octanol–water partition coefficient (Wildman–Crippen LogP) is 5.18. The Labute approximate surface area is 156 Å². The third-order valence-electron chi connectivity index (χ3n) is 4.52. The Hall–Kier alpha value is -3.61. The largest absolute Gasteiger partial charge is 0.491 e. The van der Waals surface area contributed by atoms with Crippen molar-refractivity contribution in [3.63, 3.8) is 0 Å². The van der Waals surface area contributed by atoms with Crippen LogP contribution in [0.3, 0.4) is 0 Å². The van der Waals surface area contributed by atoms with Gasteiger partial charge in [-0.15, -0.1) is 0 Å². The van der Waals surface area contributed by atoms with E-state index in [0.29, 0.717) is 5.56 Å². The molecule has 0 aliphatic rings. The van der Waals surface area contributed by atoms with Gasteiger partial charge in [-0.3, -0.25) is 0 Å². The Balaban J connectivity index is 2.36. The van der Waals surface area contributed by atoms with Crippen LogP contribution in [-0.4, -0.2) is 23.2 Å². The molecule has 4 nitrogen and oxygen atoms in total. The fraction of sp³-hybridized carbons (Fsp3) is 0.0476. The molecule has 0 saturated heterocycles. The summed E-state index contributed by atoms with van der Waals surface area (Å²) in [7, 11) is 1.09. The molecule has 3 aromatic carbocycles. The lowest BCUT2D eigenvalue weighted by molar-refractivity contribution is 0.0701. The summed E-state index contributed by atoms with van der Waals surface area (Å²) in [4.78, 5) is 16.1. The summed E-state index contributed by atoms with van der Waals surface area (Å²) in [5, 5.41) is 9.51. The summed E-state index contributed by atoms with van der Waals surface area (Å²) in [6.45, 7) is 0. The first kappa shape index (κ1) is 17.8. The number of rotatable bonds is 3. The van der Waals surface area contributed by atoms with Crippen LogP contribution in [0, 0.1) is 17.5 Å². The first-order chi connectivity index (χ1) is 13.5. The molecule has 0 spiro atoms. The highest BCUT2D eigenvalue weighted by atomic mass is 19.1. The van der Waals surface area contributed by atoms with E-state index >= 15 is 4.39 Å². The molecule has 4 aromatic rings. The summed E-state index contributed by atoms with van der Waals surface area (Å²) in [6.07, 6.45) is 0. The number of hydrogen-bond donors (Lipinski definition) is 1. The summed E-state index contributed by atoms with van der Waals surface area (Å²) in [5.41, 5.74) is -1.10. The van der Waals surface area contributed by atoms with Crippen molar-refractivity contribution in [1.29, 1.82) is 0 Å². The molecule has 0 aliphatic heterocycles. The molecule has 1 aromatic heterocycles. The topological polar surface area (TPSA) is 59.4 Å².